The van der Waals surface area contributed by atoms with Gasteiger partial charge >= 0.3 is 11.9 Å². The number of ether oxygens (including phenoxy) is 4. The van der Waals surface area contributed by atoms with Crippen LogP contribution < -0.4 is 9.47 Å². The van der Waals surface area contributed by atoms with Crippen LogP contribution in [0.4, 0.5) is 0 Å². The molecule has 0 fully saturated rings. The third kappa shape index (κ3) is 4.75. The summed E-state index contributed by atoms with van der Waals surface area (Å²) in [7, 11) is 4.10. The van der Waals surface area contributed by atoms with Crippen LogP contribution in [-0.2, 0) is 9.47 Å². The van der Waals surface area contributed by atoms with Gasteiger partial charge in [0, 0.05) is 5.56 Å². The second-order valence-electron chi connectivity index (χ2n) is 6.58. The lowest BCUT2D eigenvalue weighted by atomic mass is 9.92. The molecule has 0 N–H and O–H groups in total. The molecule has 0 saturated heterocycles. The maximum absolute atomic E-state index is 12.6. The third-order valence-corrected chi connectivity index (χ3v) is 5.19. The molecule has 0 spiro atoms. The summed E-state index contributed by atoms with van der Waals surface area (Å²) in [6.45, 7) is 6.01. The predicted molar refractivity (Wildman–Crippen MR) is 116 cm³/mol. The molecule has 0 amide bonds. The minimum atomic E-state index is -0.599. The topological polar surface area (TPSA) is 84.0 Å². The number of esters is 2. The van der Waals surface area contributed by atoms with Crippen molar-refractivity contribution in [3.8, 4) is 22.6 Å². The molecular formula is C22H26BrNO6. The Hall–Kier alpha value is -2.61. The number of rotatable bonds is 8. The second-order valence-corrected chi connectivity index (χ2v) is 7.44. The van der Waals surface area contributed by atoms with Crippen molar-refractivity contribution in [2.75, 3.05) is 27.9 Å². The Morgan fingerprint density at radius 3 is 2.03 bits per heavy atom. The summed E-state index contributed by atoms with van der Waals surface area (Å²) < 4.78 is 22.0. The Morgan fingerprint density at radius 1 is 1.00 bits per heavy atom. The van der Waals surface area contributed by atoms with E-state index in [9.17, 15) is 9.59 Å². The van der Waals surface area contributed by atoms with Crippen molar-refractivity contribution in [1.29, 1.82) is 0 Å². The number of carbonyl (C=O) groups excluding carboxylic acids is 2. The predicted octanol–water partition coefficient (Wildman–Crippen LogP) is 4.89. The van der Waals surface area contributed by atoms with Gasteiger partial charge in [0.25, 0.3) is 0 Å². The van der Waals surface area contributed by atoms with Crippen molar-refractivity contribution >= 4 is 27.9 Å². The fraction of sp³-hybridized carbons (Fsp3) is 0.409. The van der Waals surface area contributed by atoms with E-state index in [1.54, 1.807) is 26.0 Å². The average molecular weight is 480 g/mol. The smallest absolute Gasteiger partial charge is 0.340 e. The number of pyridine rings is 1. The number of hydrogen-bond acceptors (Lipinski definition) is 7. The van der Waals surface area contributed by atoms with Crippen molar-refractivity contribution in [3.63, 3.8) is 0 Å². The Kier molecular flexibility index (Phi) is 8.23. The maximum atomic E-state index is 12.6. The van der Waals surface area contributed by atoms with Crippen LogP contribution in [0.2, 0.25) is 0 Å². The van der Waals surface area contributed by atoms with Gasteiger partial charge in [0.15, 0.2) is 11.5 Å². The van der Waals surface area contributed by atoms with Crippen LogP contribution in [0.5, 0.6) is 11.5 Å². The summed E-state index contributed by atoms with van der Waals surface area (Å²) in [5.41, 5.74) is 2.21. The van der Waals surface area contributed by atoms with Crippen molar-refractivity contribution < 1.29 is 28.5 Å². The van der Waals surface area contributed by atoms with Crippen LogP contribution in [0.1, 0.15) is 51.9 Å². The van der Waals surface area contributed by atoms with Crippen LogP contribution in [-0.4, -0.2) is 44.9 Å². The van der Waals surface area contributed by atoms with E-state index >= 15 is 0 Å². The molecule has 1 aromatic heterocycles. The van der Waals surface area contributed by atoms with Crippen LogP contribution in [0.25, 0.3) is 11.1 Å². The molecule has 0 radical (unpaired) electrons. The molecule has 2 aromatic rings. The van der Waals surface area contributed by atoms with Gasteiger partial charge in [-0.05, 0) is 53.9 Å². The summed E-state index contributed by atoms with van der Waals surface area (Å²) >= 11 is 3.53. The SMILES string of the molecule is CCCCOc1c(Br)cc(-c2c(C(=O)OC)c(C)nc(C)c2C(=O)OC)cc1OC. The van der Waals surface area contributed by atoms with Crippen molar-refractivity contribution in [2.24, 2.45) is 0 Å². The molecule has 162 valence electrons. The zero-order chi connectivity index (χ0) is 22.4. The minimum Gasteiger partial charge on any atom is -0.493 e. The van der Waals surface area contributed by atoms with Crippen molar-refractivity contribution in [1.82, 2.24) is 4.98 Å². The summed E-state index contributed by atoms with van der Waals surface area (Å²) in [6, 6.07) is 3.50. The number of unbranched alkanes of at least 4 members (excludes halogenated alkanes) is 1. The van der Waals surface area contributed by atoms with Gasteiger partial charge in [-0.3, -0.25) is 4.98 Å². The summed E-state index contributed by atoms with van der Waals surface area (Å²) in [5, 5.41) is 0. The van der Waals surface area contributed by atoms with E-state index in [0.29, 0.717) is 45.1 Å². The number of halogens is 1. The number of aryl methyl sites for hydroxylation is 2. The second kappa shape index (κ2) is 10.4. The molecule has 0 aliphatic heterocycles. The standard InChI is InChI=1S/C22H26BrNO6/c1-7-8-9-30-20-15(23)10-14(11-16(20)27-4)19-17(21(25)28-5)12(2)24-13(3)18(19)22(26)29-6/h10-11H,7-9H2,1-6H3. The largest absolute Gasteiger partial charge is 0.493 e. The van der Waals surface area contributed by atoms with Gasteiger partial charge in [-0.15, -0.1) is 0 Å². The third-order valence-electron chi connectivity index (χ3n) is 4.60. The lowest BCUT2D eigenvalue weighted by molar-refractivity contribution is 0.0599. The summed E-state index contributed by atoms with van der Waals surface area (Å²) in [4.78, 5) is 29.6. The van der Waals surface area contributed by atoms with Crippen LogP contribution in [0.15, 0.2) is 16.6 Å². The van der Waals surface area contributed by atoms with Gasteiger partial charge in [0.05, 0.1) is 54.9 Å². The van der Waals surface area contributed by atoms with Gasteiger partial charge in [-0.25, -0.2) is 9.59 Å². The Bertz CT molecular complexity index is 917. The highest BCUT2D eigenvalue weighted by atomic mass is 79.9. The molecule has 0 unspecified atom stereocenters. The molecule has 1 heterocycles. The van der Waals surface area contributed by atoms with Gasteiger partial charge in [-0.2, -0.15) is 0 Å². The first-order chi connectivity index (χ1) is 14.3. The zero-order valence-corrected chi connectivity index (χ0v) is 19.6. The highest BCUT2D eigenvalue weighted by molar-refractivity contribution is 9.10. The monoisotopic (exact) mass is 479 g/mol. The van der Waals surface area contributed by atoms with E-state index in [1.807, 2.05) is 0 Å². The number of hydrogen-bond donors (Lipinski definition) is 0. The first kappa shape index (κ1) is 23.7. The molecule has 0 atom stereocenters. The first-order valence-electron chi connectivity index (χ1n) is 9.49. The van der Waals surface area contributed by atoms with E-state index < -0.39 is 11.9 Å². The molecule has 0 aliphatic carbocycles. The lowest BCUT2D eigenvalue weighted by Crippen LogP contribution is -2.16. The number of benzene rings is 1. The number of carbonyl (C=O) groups is 2. The normalized spacial score (nSPS) is 10.5. The Balaban J connectivity index is 2.83. The maximum Gasteiger partial charge on any atom is 0.340 e. The first-order valence-corrected chi connectivity index (χ1v) is 10.3. The molecule has 30 heavy (non-hydrogen) atoms. The molecule has 1 aromatic carbocycles. The highest BCUT2D eigenvalue weighted by Gasteiger charge is 2.28. The number of nitrogens with zero attached hydrogens (tertiary/aromatic N) is 1. The highest BCUT2D eigenvalue weighted by Crippen LogP contribution is 2.42. The fourth-order valence-electron chi connectivity index (χ4n) is 3.17. The molecule has 2 rings (SSSR count). The van der Waals surface area contributed by atoms with Crippen LogP contribution >= 0.6 is 15.9 Å². The van der Waals surface area contributed by atoms with Crippen molar-refractivity contribution in [2.45, 2.75) is 33.6 Å². The van der Waals surface area contributed by atoms with Gasteiger partial charge in [0.2, 0.25) is 0 Å². The van der Waals surface area contributed by atoms with Gasteiger partial charge < -0.3 is 18.9 Å². The average Bonchev–Trinajstić information content (AvgIpc) is 2.73. The Morgan fingerprint density at radius 2 is 1.57 bits per heavy atom. The molecule has 0 saturated carbocycles. The fourth-order valence-corrected chi connectivity index (χ4v) is 3.72. The van der Waals surface area contributed by atoms with E-state index in [1.165, 1.54) is 21.3 Å². The Labute approximate surface area is 184 Å². The van der Waals surface area contributed by atoms with E-state index in [4.69, 9.17) is 18.9 Å². The van der Waals surface area contributed by atoms with Gasteiger partial charge in [0.1, 0.15) is 0 Å². The number of aromatic nitrogens is 1. The lowest BCUT2D eigenvalue weighted by Gasteiger charge is -2.19. The van der Waals surface area contributed by atoms with Crippen molar-refractivity contribution in [3.05, 3.63) is 39.1 Å². The zero-order valence-electron chi connectivity index (χ0n) is 18.1. The van der Waals surface area contributed by atoms with Crippen LogP contribution in [0.3, 0.4) is 0 Å². The van der Waals surface area contributed by atoms with Gasteiger partial charge in [-0.1, -0.05) is 13.3 Å². The van der Waals surface area contributed by atoms with E-state index in [-0.39, 0.29) is 11.1 Å². The van der Waals surface area contributed by atoms with E-state index in [0.717, 1.165) is 12.8 Å². The molecule has 0 aliphatic rings. The van der Waals surface area contributed by atoms with Crippen LogP contribution in [0, 0.1) is 13.8 Å². The van der Waals surface area contributed by atoms with E-state index in [2.05, 4.69) is 27.8 Å². The minimum absolute atomic E-state index is 0.192. The summed E-state index contributed by atoms with van der Waals surface area (Å²) in [5.74, 6) is -0.178. The molecule has 0 bridgehead atoms. The number of methoxy groups -OCH3 is 3. The summed E-state index contributed by atoms with van der Waals surface area (Å²) in [6.07, 6.45) is 1.90. The molecular weight excluding hydrogens is 454 g/mol. The molecule has 7 nitrogen and oxygen atoms in total. The quantitative estimate of drug-likeness (QED) is 0.393. The molecule has 8 heteroatoms.